The summed E-state index contributed by atoms with van der Waals surface area (Å²) in [7, 11) is 0. The van der Waals surface area contributed by atoms with Crippen molar-refractivity contribution in [3.8, 4) is 0 Å². The minimum atomic E-state index is -0.259. The van der Waals surface area contributed by atoms with Crippen molar-refractivity contribution in [3.05, 3.63) is 76.7 Å². The minimum Gasteiger partial charge on any atom is -0.787 e. The Morgan fingerprint density at radius 1 is 1.05 bits per heavy atom. The summed E-state index contributed by atoms with van der Waals surface area (Å²) >= 11 is 0. The number of hydrogen-bond acceptors (Lipinski definition) is 3. The van der Waals surface area contributed by atoms with Gasteiger partial charge in [-0.15, -0.1) is 0 Å². The van der Waals surface area contributed by atoms with E-state index in [0.717, 1.165) is 6.54 Å². The predicted octanol–water partition coefficient (Wildman–Crippen LogP) is 2.88. The third-order valence-corrected chi connectivity index (χ3v) is 4.10. The first-order chi connectivity index (χ1) is 10.3. The fourth-order valence-corrected chi connectivity index (χ4v) is 3.07. The lowest BCUT2D eigenvalue weighted by atomic mass is 9.94. The monoisotopic (exact) mass is 285 g/mol. The van der Waals surface area contributed by atoms with Gasteiger partial charge in [0.25, 0.3) is 0 Å². The molecule has 2 atom stereocenters. The molecule has 0 aliphatic carbocycles. The molecule has 1 aliphatic heterocycles. The lowest BCUT2D eigenvalue weighted by Gasteiger charge is -2.23. The van der Waals surface area contributed by atoms with Crippen LogP contribution in [0.1, 0.15) is 17.0 Å². The SMILES string of the molecule is [O-]N[C@H]1CN(Cc2ccccc2)C[C@@H]1c1ccccc1F. The summed E-state index contributed by atoms with van der Waals surface area (Å²) in [6.07, 6.45) is 0. The number of benzene rings is 2. The maximum absolute atomic E-state index is 14.0. The molecular formula is C17H18FN2O-. The van der Waals surface area contributed by atoms with E-state index in [0.29, 0.717) is 18.7 Å². The van der Waals surface area contributed by atoms with E-state index in [-0.39, 0.29) is 17.8 Å². The van der Waals surface area contributed by atoms with Gasteiger partial charge in [0, 0.05) is 31.6 Å². The van der Waals surface area contributed by atoms with E-state index in [9.17, 15) is 9.60 Å². The van der Waals surface area contributed by atoms with Gasteiger partial charge in [0.1, 0.15) is 5.82 Å². The van der Waals surface area contributed by atoms with Crippen LogP contribution in [0.25, 0.3) is 0 Å². The smallest absolute Gasteiger partial charge is 0.126 e. The number of nitrogens with one attached hydrogen (secondary N) is 1. The van der Waals surface area contributed by atoms with Crippen LogP contribution in [-0.4, -0.2) is 24.0 Å². The quantitative estimate of drug-likeness (QED) is 0.878. The summed E-state index contributed by atoms with van der Waals surface area (Å²) in [5, 5.41) is 11.2. The number of rotatable bonds is 4. The summed E-state index contributed by atoms with van der Waals surface area (Å²) in [6.45, 7) is 2.11. The van der Waals surface area contributed by atoms with Gasteiger partial charge in [0.05, 0.1) is 0 Å². The van der Waals surface area contributed by atoms with Crippen molar-refractivity contribution in [2.45, 2.75) is 18.5 Å². The van der Waals surface area contributed by atoms with Crippen LogP contribution in [0.3, 0.4) is 0 Å². The Morgan fingerprint density at radius 3 is 2.48 bits per heavy atom. The largest absolute Gasteiger partial charge is 0.787 e. The van der Waals surface area contributed by atoms with Crippen molar-refractivity contribution < 1.29 is 4.39 Å². The van der Waals surface area contributed by atoms with Crippen molar-refractivity contribution in [1.82, 2.24) is 10.4 Å². The lowest BCUT2D eigenvalue weighted by Crippen LogP contribution is -2.31. The minimum absolute atomic E-state index is 0.104. The van der Waals surface area contributed by atoms with E-state index >= 15 is 0 Å². The van der Waals surface area contributed by atoms with Crippen LogP contribution in [0.5, 0.6) is 0 Å². The Balaban J connectivity index is 1.76. The molecular weight excluding hydrogens is 267 g/mol. The molecule has 1 fully saturated rings. The zero-order valence-corrected chi connectivity index (χ0v) is 11.7. The van der Waals surface area contributed by atoms with Crippen molar-refractivity contribution in [1.29, 1.82) is 0 Å². The van der Waals surface area contributed by atoms with Gasteiger partial charge in [-0.3, -0.25) is 4.90 Å². The molecule has 1 N–H and O–H groups in total. The van der Waals surface area contributed by atoms with E-state index < -0.39 is 0 Å². The first-order valence-electron chi connectivity index (χ1n) is 7.16. The summed E-state index contributed by atoms with van der Waals surface area (Å²) in [4.78, 5) is 2.20. The van der Waals surface area contributed by atoms with E-state index in [1.165, 1.54) is 11.6 Å². The Bertz CT molecular complexity index is 590. The molecule has 0 bridgehead atoms. The number of hydroxylamine groups is 1. The van der Waals surface area contributed by atoms with Gasteiger partial charge >= 0.3 is 0 Å². The van der Waals surface area contributed by atoms with Crippen LogP contribution < -0.4 is 5.48 Å². The Kier molecular flexibility index (Phi) is 4.29. The van der Waals surface area contributed by atoms with Crippen molar-refractivity contribution in [3.63, 3.8) is 0 Å². The topological polar surface area (TPSA) is 38.3 Å². The van der Waals surface area contributed by atoms with Gasteiger partial charge in [0.2, 0.25) is 0 Å². The first-order valence-corrected chi connectivity index (χ1v) is 7.16. The van der Waals surface area contributed by atoms with Crippen molar-refractivity contribution in [2.75, 3.05) is 13.1 Å². The fourth-order valence-electron chi connectivity index (χ4n) is 3.07. The summed E-state index contributed by atoms with van der Waals surface area (Å²) in [5.74, 6) is -0.336. The average Bonchev–Trinajstić information content (AvgIpc) is 2.91. The van der Waals surface area contributed by atoms with Crippen LogP contribution in [0.15, 0.2) is 54.6 Å². The Hall–Kier alpha value is -1.75. The third kappa shape index (κ3) is 3.13. The van der Waals surface area contributed by atoms with E-state index in [4.69, 9.17) is 0 Å². The zero-order valence-electron chi connectivity index (χ0n) is 11.7. The average molecular weight is 285 g/mol. The van der Waals surface area contributed by atoms with Crippen LogP contribution in [-0.2, 0) is 6.54 Å². The zero-order chi connectivity index (χ0) is 14.7. The number of nitrogens with zero attached hydrogens (tertiary/aromatic N) is 1. The van der Waals surface area contributed by atoms with Gasteiger partial charge in [0.15, 0.2) is 0 Å². The van der Waals surface area contributed by atoms with Crippen molar-refractivity contribution in [2.24, 2.45) is 0 Å². The molecule has 3 rings (SSSR count). The molecule has 1 aliphatic rings. The highest BCUT2D eigenvalue weighted by atomic mass is 19.1. The molecule has 0 amide bonds. The van der Waals surface area contributed by atoms with E-state index in [2.05, 4.69) is 22.5 Å². The molecule has 110 valence electrons. The molecule has 0 spiro atoms. The lowest BCUT2D eigenvalue weighted by molar-refractivity contribution is 0.321. The van der Waals surface area contributed by atoms with Crippen LogP contribution in [0.4, 0.5) is 4.39 Å². The highest BCUT2D eigenvalue weighted by Crippen LogP contribution is 2.30. The fraction of sp³-hybridized carbons (Fsp3) is 0.294. The first kappa shape index (κ1) is 14.2. The second-order valence-electron chi connectivity index (χ2n) is 5.53. The maximum atomic E-state index is 14.0. The summed E-state index contributed by atoms with van der Waals surface area (Å²) < 4.78 is 14.0. The molecule has 21 heavy (non-hydrogen) atoms. The van der Waals surface area contributed by atoms with Crippen molar-refractivity contribution >= 4 is 0 Å². The standard InChI is InChI=1S/C17H18FN2O/c18-16-9-5-4-8-14(16)15-11-20(12-17(15)19-21)10-13-6-2-1-3-7-13/h1-9,15,17,19H,10-12H2/q-1/t15-,17+/m1/s1. The van der Waals surface area contributed by atoms with Gasteiger partial charge in [-0.05, 0) is 17.2 Å². The number of hydrogen-bond donors (Lipinski definition) is 1. The van der Waals surface area contributed by atoms with Gasteiger partial charge < -0.3 is 10.7 Å². The molecule has 1 saturated heterocycles. The van der Waals surface area contributed by atoms with Gasteiger partial charge in [-0.25, -0.2) is 4.39 Å². The summed E-state index contributed by atoms with van der Waals surface area (Å²) in [5.41, 5.74) is 3.93. The molecule has 0 saturated carbocycles. The van der Waals surface area contributed by atoms with Gasteiger partial charge in [-0.2, -0.15) is 0 Å². The Labute approximate surface area is 124 Å². The van der Waals surface area contributed by atoms with E-state index in [1.807, 2.05) is 24.3 Å². The molecule has 3 nitrogen and oxygen atoms in total. The predicted molar refractivity (Wildman–Crippen MR) is 81.2 cm³/mol. The molecule has 4 heteroatoms. The van der Waals surface area contributed by atoms with Crippen LogP contribution in [0, 0.1) is 11.0 Å². The van der Waals surface area contributed by atoms with Crippen LogP contribution in [0.2, 0.25) is 0 Å². The molecule has 2 aromatic rings. The molecule has 0 aromatic heterocycles. The Morgan fingerprint density at radius 2 is 1.76 bits per heavy atom. The molecule has 0 radical (unpaired) electrons. The normalized spacial score (nSPS) is 22.6. The van der Waals surface area contributed by atoms with Crippen LogP contribution >= 0.6 is 0 Å². The second-order valence-corrected chi connectivity index (χ2v) is 5.53. The molecule has 2 aromatic carbocycles. The second kappa shape index (κ2) is 6.35. The highest BCUT2D eigenvalue weighted by Gasteiger charge is 2.33. The van der Waals surface area contributed by atoms with Gasteiger partial charge in [-0.1, -0.05) is 48.5 Å². The molecule has 0 unspecified atom stereocenters. The third-order valence-electron chi connectivity index (χ3n) is 4.10. The van der Waals surface area contributed by atoms with E-state index in [1.54, 1.807) is 12.1 Å². The molecule has 1 heterocycles. The number of likely N-dealkylation sites (tertiary alicyclic amines) is 1. The number of halogens is 1. The summed E-state index contributed by atoms with van der Waals surface area (Å²) in [6, 6.07) is 16.6. The highest BCUT2D eigenvalue weighted by molar-refractivity contribution is 5.26. The maximum Gasteiger partial charge on any atom is 0.126 e.